The van der Waals surface area contributed by atoms with Crippen LogP contribution < -0.4 is 10.5 Å². The average Bonchev–Trinajstić information content (AvgIpc) is 2.40. The van der Waals surface area contributed by atoms with E-state index in [-0.39, 0.29) is 11.9 Å². The molecule has 0 radical (unpaired) electrons. The Morgan fingerprint density at radius 2 is 2.24 bits per heavy atom. The third-order valence-electron chi connectivity index (χ3n) is 2.60. The Labute approximate surface area is 99.0 Å². The molecule has 0 aromatic carbocycles. The highest BCUT2D eigenvalue weighted by Gasteiger charge is 2.15. The molecule has 0 aliphatic carbocycles. The van der Waals surface area contributed by atoms with E-state index in [1.165, 1.54) is 6.20 Å². The zero-order chi connectivity index (χ0) is 12.1. The van der Waals surface area contributed by atoms with Gasteiger partial charge in [0.05, 0.1) is 13.2 Å². The maximum atomic E-state index is 8.51. The summed E-state index contributed by atoms with van der Waals surface area (Å²) in [6, 6.07) is 3.42. The largest absolute Gasteiger partial charge is 0.474 e. The van der Waals surface area contributed by atoms with Crippen LogP contribution >= 0.6 is 0 Å². The molecule has 2 rings (SSSR count). The van der Waals surface area contributed by atoms with E-state index in [4.69, 9.17) is 20.4 Å². The molecule has 0 saturated carbocycles. The SMILES string of the molecule is N/C(=N/O)c1ccc(OC2CCOCC2)nc1. The van der Waals surface area contributed by atoms with E-state index in [0.29, 0.717) is 11.4 Å². The van der Waals surface area contributed by atoms with Crippen molar-refractivity contribution in [3.05, 3.63) is 23.9 Å². The van der Waals surface area contributed by atoms with Crippen LogP contribution in [-0.2, 0) is 4.74 Å². The first-order chi connectivity index (χ1) is 8.29. The zero-order valence-corrected chi connectivity index (χ0v) is 9.37. The molecule has 3 N–H and O–H groups in total. The molecule has 2 heterocycles. The molecular weight excluding hydrogens is 222 g/mol. The van der Waals surface area contributed by atoms with Crippen LogP contribution in [0.15, 0.2) is 23.5 Å². The number of ether oxygens (including phenoxy) is 2. The number of rotatable bonds is 3. The number of oxime groups is 1. The van der Waals surface area contributed by atoms with E-state index in [1.54, 1.807) is 12.1 Å². The van der Waals surface area contributed by atoms with Crippen LogP contribution in [0.25, 0.3) is 0 Å². The Hall–Kier alpha value is -1.82. The van der Waals surface area contributed by atoms with Gasteiger partial charge >= 0.3 is 0 Å². The Balaban J connectivity index is 1.97. The zero-order valence-electron chi connectivity index (χ0n) is 9.37. The summed E-state index contributed by atoms with van der Waals surface area (Å²) in [7, 11) is 0. The molecule has 1 aromatic heterocycles. The number of nitrogens with two attached hydrogens (primary N) is 1. The van der Waals surface area contributed by atoms with Crippen molar-refractivity contribution in [3.8, 4) is 5.88 Å². The van der Waals surface area contributed by atoms with Crippen LogP contribution in [0.5, 0.6) is 5.88 Å². The predicted octanol–water partition coefficient (Wildman–Crippen LogP) is 0.734. The lowest BCUT2D eigenvalue weighted by molar-refractivity contribution is 0.0237. The summed E-state index contributed by atoms with van der Waals surface area (Å²) in [4.78, 5) is 4.11. The average molecular weight is 237 g/mol. The summed E-state index contributed by atoms with van der Waals surface area (Å²) in [6.07, 6.45) is 3.43. The Morgan fingerprint density at radius 3 is 2.82 bits per heavy atom. The van der Waals surface area contributed by atoms with Crippen LogP contribution in [0.1, 0.15) is 18.4 Å². The van der Waals surface area contributed by atoms with Crippen molar-refractivity contribution < 1.29 is 14.7 Å². The van der Waals surface area contributed by atoms with Gasteiger partial charge in [0.1, 0.15) is 6.10 Å². The quantitative estimate of drug-likeness (QED) is 0.350. The minimum absolute atomic E-state index is 0.0371. The van der Waals surface area contributed by atoms with Crippen LogP contribution in [0.3, 0.4) is 0 Å². The Morgan fingerprint density at radius 1 is 1.47 bits per heavy atom. The van der Waals surface area contributed by atoms with E-state index in [9.17, 15) is 0 Å². The van der Waals surface area contributed by atoms with Crippen LogP contribution in [-0.4, -0.2) is 35.3 Å². The summed E-state index contributed by atoms with van der Waals surface area (Å²) >= 11 is 0. The number of nitrogens with zero attached hydrogens (tertiary/aromatic N) is 2. The topological polar surface area (TPSA) is 90.0 Å². The van der Waals surface area contributed by atoms with Crippen molar-refractivity contribution in [2.24, 2.45) is 10.9 Å². The van der Waals surface area contributed by atoms with E-state index in [0.717, 1.165) is 26.1 Å². The van der Waals surface area contributed by atoms with E-state index >= 15 is 0 Å². The Kier molecular flexibility index (Phi) is 3.77. The predicted molar refractivity (Wildman–Crippen MR) is 61.2 cm³/mol. The smallest absolute Gasteiger partial charge is 0.213 e. The van der Waals surface area contributed by atoms with Gasteiger partial charge < -0.3 is 20.4 Å². The molecule has 0 bridgehead atoms. The molecule has 6 heteroatoms. The van der Waals surface area contributed by atoms with Gasteiger partial charge in [0.25, 0.3) is 0 Å². The van der Waals surface area contributed by atoms with Gasteiger partial charge in [0.15, 0.2) is 5.84 Å². The third kappa shape index (κ3) is 3.07. The van der Waals surface area contributed by atoms with Crippen LogP contribution in [0, 0.1) is 0 Å². The van der Waals surface area contributed by atoms with Gasteiger partial charge in [-0.05, 0) is 6.07 Å². The molecule has 0 spiro atoms. The normalized spacial score (nSPS) is 18.0. The van der Waals surface area contributed by atoms with Crippen molar-refractivity contribution in [1.29, 1.82) is 0 Å². The highest BCUT2D eigenvalue weighted by atomic mass is 16.5. The molecule has 6 nitrogen and oxygen atoms in total. The summed E-state index contributed by atoms with van der Waals surface area (Å²) in [5.41, 5.74) is 5.99. The molecule has 0 unspecified atom stereocenters. The maximum Gasteiger partial charge on any atom is 0.213 e. The first kappa shape index (κ1) is 11.7. The number of pyridine rings is 1. The Bertz CT molecular complexity index is 385. The second kappa shape index (κ2) is 5.49. The maximum absolute atomic E-state index is 8.51. The second-order valence-electron chi connectivity index (χ2n) is 3.80. The number of hydrogen-bond donors (Lipinski definition) is 2. The fourth-order valence-corrected chi connectivity index (χ4v) is 1.62. The summed E-state index contributed by atoms with van der Waals surface area (Å²) in [5.74, 6) is 0.585. The lowest BCUT2D eigenvalue weighted by Gasteiger charge is -2.22. The van der Waals surface area contributed by atoms with Crippen molar-refractivity contribution in [2.75, 3.05) is 13.2 Å². The van der Waals surface area contributed by atoms with Crippen molar-refractivity contribution in [3.63, 3.8) is 0 Å². The van der Waals surface area contributed by atoms with Gasteiger partial charge in [0, 0.05) is 30.7 Å². The fourth-order valence-electron chi connectivity index (χ4n) is 1.62. The molecule has 92 valence electrons. The van der Waals surface area contributed by atoms with Gasteiger partial charge in [-0.15, -0.1) is 0 Å². The number of hydrogen-bond acceptors (Lipinski definition) is 5. The minimum atomic E-state index is 0.0371. The van der Waals surface area contributed by atoms with Gasteiger partial charge in [-0.1, -0.05) is 5.16 Å². The lowest BCUT2D eigenvalue weighted by Crippen LogP contribution is -2.26. The molecule has 0 atom stereocenters. The summed E-state index contributed by atoms with van der Waals surface area (Å²) in [6.45, 7) is 1.46. The highest BCUT2D eigenvalue weighted by Crippen LogP contribution is 2.15. The molecular formula is C11H15N3O3. The first-order valence-electron chi connectivity index (χ1n) is 5.48. The second-order valence-corrected chi connectivity index (χ2v) is 3.80. The molecule has 1 fully saturated rings. The van der Waals surface area contributed by atoms with Gasteiger partial charge in [-0.25, -0.2) is 4.98 Å². The molecule has 1 saturated heterocycles. The van der Waals surface area contributed by atoms with Crippen LogP contribution in [0.4, 0.5) is 0 Å². The van der Waals surface area contributed by atoms with Crippen molar-refractivity contribution in [2.45, 2.75) is 18.9 Å². The van der Waals surface area contributed by atoms with Crippen molar-refractivity contribution >= 4 is 5.84 Å². The molecule has 1 aliphatic heterocycles. The van der Waals surface area contributed by atoms with Crippen molar-refractivity contribution in [1.82, 2.24) is 4.98 Å². The van der Waals surface area contributed by atoms with Gasteiger partial charge in [0.2, 0.25) is 5.88 Å². The van der Waals surface area contributed by atoms with E-state index < -0.39 is 0 Å². The minimum Gasteiger partial charge on any atom is -0.474 e. The number of aromatic nitrogens is 1. The summed E-state index contributed by atoms with van der Waals surface area (Å²) in [5, 5.41) is 11.4. The van der Waals surface area contributed by atoms with Gasteiger partial charge in [-0.3, -0.25) is 0 Å². The summed E-state index contributed by atoms with van der Waals surface area (Å²) < 4.78 is 10.9. The monoisotopic (exact) mass is 237 g/mol. The lowest BCUT2D eigenvalue weighted by atomic mass is 10.1. The highest BCUT2D eigenvalue weighted by molar-refractivity contribution is 5.96. The first-order valence-corrected chi connectivity index (χ1v) is 5.48. The third-order valence-corrected chi connectivity index (χ3v) is 2.60. The molecule has 1 aromatic rings. The standard InChI is InChI=1S/C11H15N3O3/c12-11(14-15)8-1-2-10(13-7-8)17-9-3-5-16-6-4-9/h1-2,7,9,15H,3-6H2,(H2,12,14). The molecule has 1 aliphatic rings. The van der Waals surface area contributed by atoms with Gasteiger partial charge in [-0.2, -0.15) is 0 Å². The van der Waals surface area contributed by atoms with E-state index in [1.807, 2.05) is 0 Å². The molecule has 17 heavy (non-hydrogen) atoms. The molecule has 0 amide bonds. The number of amidine groups is 1. The van der Waals surface area contributed by atoms with E-state index in [2.05, 4.69) is 10.1 Å². The fraction of sp³-hybridized carbons (Fsp3) is 0.455. The van der Waals surface area contributed by atoms with Crippen LogP contribution in [0.2, 0.25) is 0 Å².